The first kappa shape index (κ1) is 13.3. The van der Waals surface area contributed by atoms with Gasteiger partial charge in [0, 0.05) is 11.4 Å². The average Bonchev–Trinajstić information content (AvgIpc) is 2.28. The molecule has 4 nitrogen and oxygen atoms in total. The molecule has 1 unspecified atom stereocenters. The summed E-state index contributed by atoms with van der Waals surface area (Å²) in [5.74, 6) is -0.0305. The van der Waals surface area contributed by atoms with Gasteiger partial charge in [0.2, 0.25) is 0 Å². The van der Waals surface area contributed by atoms with Crippen LogP contribution in [0.5, 0.6) is 0 Å². The Morgan fingerprint density at radius 1 is 1.44 bits per heavy atom. The van der Waals surface area contributed by atoms with Gasteiger partial charge in [-0.2, -0.15) is 0 Å². The second-order valence-electron chi connectivity index (χ2n) is 3.62. The molecule has 0 aliphatic rings. The smallest absolute Gasteiger partial charge is 0.159 e. The van der Waals surface area contributed by atoms with E-state index in [0.29, 0.717) is 5.82 Å². The van der Waals surface area contributed by atoms with E-state index < -0.39 is 17.2 Å². The lowest BCUT2D eigenvalue weighted by atomic mass is 10.3. The van der Waals surface area contributed by atoms with E-state index in [4.69, 9.17) is 0 Å². The van der Waals surface area contributed by atoms with Crippen LogP contribution >= 0.6 is 0 Å². The van der Waals surface area contributed by atoms with Crippen molar-refractivity contribution in [3.63, 3.8) is 0 Å². The van der Waals surface area contributed by atoms with Crippen molar-refractivity contribution in [2.45, 2.75) is 38.5 Å². The fourth-order valence-electron chi connectivity index (χ4n) is 1.04. The van der Waals surface area contributed by atoms with E-state index in [2.05, 4.69) is 14.7 Å². The van der Waals surface area contributed by atoms with Gasteiger partial charge in [-0.25, -0.2) is 14.4 Å². The van der Waals surface area contributed by atoms with Crippen molar-refractivity contribution in [2.24, 2.45) is 0 Å². The highest BCUT2D eigenvalue weighted by Crippen LogP contribution is 2.11. The monoisotopic (exact) mass is 245 g/mol. The summed E-state index contributed by atoms with van der Waals surface area (Å²) >= 11 is -1.12. The molecular weight excluding hydrogens is 229 g/mol. The molecule has 90 valence electrons. The lowest BCUT2D eigenvalue weighted by Crippen LogP contribution is -2.34. The quantitative estimate of drug-likeness (QED) is 0.802. The highest BCUT2D eigenvalue weighted by Gasteiger charge is 2.20. The Bertz CT molecular complexity index is 322. The van der Waals surface area contributed by atoms with Crippen LogP contribution in [-0.2, 0) is 11.4 Å². The van der Waals surface area contributed by atoms with E-state index in [1.54, 1.807) is 6.92 Å². The Labute approximate surface area is 98.0 Å². The third-order valence-electron chi connectivity index (χ3n) is 2.26. The van der Waals surface area contributed by atoms with E-state index in [-0.39, 0.29) is 11.3 Å². The van der Waals surface area contributed by atoms with Gasteiger partial charge in [-0.1, -0.05) is 6.92 Å². The van der Waals surface area contributed by atoms with Gasteiger partial charge in [0.25, 0.3) is 0 Å². The number of rotatable bonds is 5. The number of nitrogens with one attached hydrogen (secondary N) is 1. The van der Waals surface area contributed by atoms with E-state index in [0.717, 1.165) is 18.8 Å². The molecule has 1 rings (SSSR count). The molecule has 0 aliphatic heterocycles. The highest BCUT2D eigenvalue weighted by molar-refractivity contribution is 7.90. The van der Waals surface area contributed by atoms with Crippen LogP contribution in [0.25, 0.3) is 0 Å². The third kappa shape index (κ3) is 3.70. The first-order chi connectivity index (χ1) is 7.54. The van der Waals surface area contributed by atoms with Crippen LogP contribution in [0.3, 0.4) is 0 Å². The molecule has 0 fully saturated rings. The third-order valence-corrected chi connectivity index (χ3v) is 3.91. The summed E-state index contributed by atoms with van der Waals surface area (Å²) in [5, 5.41) is 0.0721. The van der Waals surface area contributed by atoms with Crippen LogP contribution in [0, 0.1) is 5.82 Å². The van der Waals surface area contributed by atoms with Gasteiger partial charge < -0.3 is 4.55 Å². The van der Waals surface area contributed by atoms with Crippen LogP contribution < -0.4 is 4.72 Å². The topological polar surface area (TPSA) is 60.9 Å². The molecule has 16 heavy (non-hydrogen) atoms. The Morgan fingerprint density at radius 3 is 2.50 bits per heavy atom. The zero-order valence-electron chi connectivity index (χ0n) is 9.61. The van der Waals surface area contributed by atoms with Crippen LogP contribution in [0.2, 0.25) is 0 Å². The predicted octanol–water partition coefficient (Wildman–Crippen LogP) is 1.73. The van der Waals surface area contributed by atoms with Crippen LogP contribution in [0.1, 0.15) is 39.1 Å². The minimum Gasteiger partial charge on any atom is -0.598 e. The minimum atomic E-state index is -1.12. The van der Waals surface area contributed by atoms with Crippen LogP contribution in [0.15, 0.2) is 12.4 Å². The first-order valence-electron chi connectivity index (χ1n) is 5.18. The average molecular weight is 245 g/mol. The second kappa shape index (κ2) is 6.12. The summed E-state index contributed by atoms with van der Waals surface area (Å²) in [6, 6.07) is -0.254. The molecule has 0 saturated heterocycles. The fourth-order valence-corrected chi connectivity index (χ4v) is 2.03. The molecule has 0 amide bonds. The molecular formula is C10H16FN3OS. The normalized spacial score (nSPS) is 16.8. The molecule has 6 heteroatoms. The number of halogens is 1. The summed E-state index contributed by atoms with van der Waals surface area (Å²) in [6.07, 6.45) is 3.04. The van der Waals surface area contributed by atoms with Gasteiger partial charge in [-0.3, -0.25) is 0 Å². The van der Waals surface area contributed by atoms with E-state index in [9.17, 15) is 8.94 Å². The lowest BCUT2D eigenvalue weighted by Gasteiger charge is -2.19. The maximum Gasteiger partial charge on any atom is 0.159 e. The van der Waals surface area contributed by atoms with Crippen molar-refractivity contribution in [2.75, 3.05) is 0 Å². The maximum atomic E-state index is 12.6. The fraction of sp³-hybridized carbons (Fsp3) is 0.600. The molecule has 1 aromatic rings. The van der Waals surface area contributed by atoms with Crippen molar-refractivity contribution in [1.82, 2.24) is 14.7 Å². The maximum absolute atomic E-state index is 12.6. The van der Waals surface area contributed by atoms with Crippen molar-refractivity contribution in [3.8, 4) is 0 Å². The van der Waals surface area contributed by atoms with Crippen molar-refractivity contribution < 1.29 is 8.94 Å². The van der Waals surface area contributed by atoms with Gasteiger partial charge in [0.05, 0.1) is 12.4 Å². The molecule has 0 aliphatic carbocycles. The summed E-state index contributed by atoms with van der Waals surface area (Å²) in [7, 11) is 0. The molecule has 1 N–H and O–H groups in total. The molecule has 0 spiro atoms. The minimum absolute atomic E-state index is 0.0721. The summed E-state index contributed by atoms with van der Waals surface area (Å²) in [4.78, 5) is 7.67. The van der Waals surface area contributed by atoms with E-state index in [1.807, 2.05) is 13.8 Å². The van der Waals surface area contributed by atoms with Crippen molar-refractivity contribution >= 4 is 11.4 Å². The number of aromatic nitrogens is 2. The SMILES string of the molecule is CC[C@H](C)[S+]([O-])N[C@@H](C)c1ncc(F)cn1. The Morgan fingerprint density at radius 2 is 2.00 bits per heavy atom. The number of hydrogen-bond acceptors (Lipinski definition) is 4. The predicted molar refractivity (Wildman–Crippen MR) is 61.4 cm³/mol. The van der Waals surface area contributed by atoms with Crippen LogP contribution in [0.4, 0.5) is 4.39 Å². The van der Waals surface area contributed by atoms with E-state index in [1.165, 1.54) is 0 Å². The molecule has 0 bridgehead atoms. The zero-order valence-corrected chi connectivity index (χ0v) is 10.4. The lowest BCUT2D eigenvalue weighted by molar-refractivity contribution is 0.541. The number of nitrogens with zero attached hydrogens (tertiary/aromatic N) is 2. The Kier molecular flexibility index (Phi) is 5.11. The summed E-state index contributed by atoms with van der Waals surface area (Å²) in [5.41, 5.74) is 0. The van der Waals surface area contributed by atoms with Gasteiger partial charge in [0.1, 0.15) is 17.1 Å². The zero-order chi connectivity index (χ0) is 12.1. The van der Waals surface area contributed by atoms with E-state index >= 15 is 0 Å². The van der Waals surface area contributed by atoms with Crippen molar-refractivity contribution in [1.29, 1.82) is 0 Å². The summed E-state index contributed by atoms with van der Waals surface area (Å²) < 4.78 is 27.2. The Balaban J connectivity index is 2.58. The Hall–Kier alpha value is -0.720. The van der Waals surface area contributed by atoms with Gasteiger partial charge >= 0.3 is 0 Å². The van der Waals surface area contributed by atoms with Gasteiger partial charge in [0.15, 0.2) is 5.82 Å². The highest BCUT2D eigenvalue weighted by atomic mass is 32.2. The molecule has 3 atom stereocenters. The van der Waals surface area contributed by atoms with Gasteiger partial charge in [-0.15, -0.1) is 4.72 Å². The molecule has 0 saturated carbocycles. The number of hydrogen-bond donors (Lipinski definition) is 1. The molecule has 0 radical (unpaired) electrons. The summed E-state index contributed by atoms with van der Waals surface area (Å²) in [6.45, 7) is 5.68. The molecule has 1 heterocycles. The van der Waals surface area contributed by atoms with Crippen molar-refractivity contribution in [3.05, 3.63) is 24.0 Å². The molecule has 1 aromatic heterocycles. The molecule has 0 aromatic carbocycles. The largest absolute Gasteiger partial charge is 0.598 e. The van der Waals surface area contributed by atoms with Crippen LogP contribution in [-0.4, -0.2) is 19.8 Å². The second-order valence-corrected chi connectivity index (χ2v) is 5.25. The first-order valence-corrected chi connectivity index (χ1v) is 6.40. The standard InChI is InChI=1S/C10H16FN3OS/c1-4-7(2)16(15)14-8(3)10-12-5-9(11)6-13-10/h5-8,14H,4H2,1-3H3/t7-,8-,16?/m0/s1. The van der Waals surface area contributed by atoms with Gasteiger partial charge in [-0.05, 0) is 20.3 Å².